The number of furan rings is 1. The molecular formula is C19H16ClN5O2S2. The molecule has 1 N–H and O–H groups in total. The molecule has 0 saturated heterocycles. The maximum absolute atomic E-state index is 12.4. The SMILES string of the molecule is CCn1c(SCC(=O)Nc2nc(-c3ccc(Cl)cc3)cs2)nnc1-c1ccco1. The quantitative estimate of drug-likeness (QED) is 0.400. The molecule has 4 aromatic rings. The molecule has 148 valence electrons. The number of rotatable bonds is 7. The smallest absolute Gasteiger partial charge is 0.236 e. The molecule has 0 unspecified atom stereocenters. The molecule has 0 aliphatic rings. The molecule has 0 aliphatic heterocycles. The van der Waals surface area contributed by atoms with E-state index in [0.29, 0.717) is 33.4 Å². The fraction of sp³-hybridized carbons (Fsp3) is 0.158. The Labute approximate surface area is 180 Å². The summed E-state index contributed by atoms with van der Waals surface area (Å²) in [5.41, 5.74) is 1.74. The third kappa shape index (κ3) is 4.52. The van der Waals surface area contributed by atoms with Gasteiger partial charge in [0, 0.05) is 22.5 Å². The average Bonchev–Trinajstić information content (AvgIpc) is 3.47. The molecule has 4 rings (SSSR count). The van der Waals surface area contributed by atoms with Crippen molar-refractivity contribution in [1.82, 2.24) is 19.7 Å². The van der Waals surface area contributed by atoms with Gasteiger partial charge in [0.2, 0.25) is 5.91 Å². The molecule has 0 bridgehead atoms. The first-order valence-corrected chi connectivity index (χ1v) is 11.0. The van der Waals surface area contributed by atoms with Crippen LogP contribution in [0.2, 0.25) is 5.02 Å². The number of thioether (sulfide) groups is 1. The van der Waals surface area contributed by atoms with E-state index in [4.69, 9.17) is 16.0 Å². The fourth-order valence-electron chi connectivity index (χ4n) is 2.64. The van der Waals surface area contributed by atoms with Crippen molar-refractivity contribution >= 4 is 45.7 Å². The van der Waals surface area contributed by atoms with Crippen LogP contribution in [0.25, 0.3) is 22.8 Å². The number of amides is 1. The Morgan fingerprint density at radius 2 is 2.10 bits per heavy atom. The minimum Gasteiger partial charge on any atom is -0.461 e. The van der Waals surface area contributed by atoms with Crippen LogP contribution >= 0.6 is 34.7 Å². The summed E-state index contributed by atoms with van der Waals surface area (Å²) in [6, 6.07) is 11.0. The van der Waals surface area contributed by atoms with Crippen molar-refractivity contribution in [2.75, 3.05) is 11.1 Å². The van der Waals surface area contributed by atoms with Crippen molar-refractivity contribution in [3.05, 3.63) is 53.1 Å². The Balaban J connectivity index is 1.38. The van der Waals surface area contributed by atoms with Gasteiger partial charge in [-0.3, -0.25) is 9.36 Å². The van der Waals surface area contributed by atoms with Crippen LogP contribution in [0.15, 0.2) is 57.6 Å². The van der Waals surface area contributed by atoms with E-state index in [2.05, 4.69) is 20.5 Å². The molecule has 10 heteroatoms. The highest BCUT2D eigenvalue weighted by atomic mass is 35.5. The van der Waals surface area contributed by atoms with E-state index >= 15 is 0 Å². The van der Waals surface area contributed by atoms with Gasteiger partial charge < -0.3 is 9.73 Å². The van der Waals surface area contributed by atoms with Gasteiger partial charge in [0.25, 0.3) is 0 Å². The van der Waals surface area contributed by atoms with Crippen molar-refractivity contribution in [1.29, 1.82) is 0 Å². The number of benzene rings is 1. The van der Waals surface area contributed by atoms with Crippen LogP contribution in [0.3, 0.4) is 0 Å². The summed E-state index contributed by atoms with van der Waals surface area (Å²) in [6.07, 6.45) is 1.59. The molecule has 0 saturated carbocycles. The minimum atomic E-state index is -0.155. The Morgan fingerprint density at radius 1 is 1.28 bits per heavy atom. The Bertz CT molecular complexity index is 1110. The number of hydrogen-bond acceptors (Lipinski definition) is 7. The highest BCUT2D eigenvalue weighted by molar-refractivity contribution is 7.99. The highest BCUT2D eigenvalue weighted by Gasteiger charge is 2.16. The van der Waals surface area contributed by atoms with Gasteiger partial charge in [-0.2, -0.15) is 0 Å². The van der Waals surface area contributed by atoms with Crippen LogP contribution in [0.4, 0.5) is 5.13 Å². The second kappa shape index (κ2) is 8.81. The molecule has 0 atom stereocenters. The van der Waals surface area contributed by atoms with Crippen molar-refractivity contribution in [2.24, 2.45) is 0 Å². The van der Waals surface area contributed by atoms with Gasteiger partial charge in [0.15, 0.2) is 21.9 Å². The topological polar surface area (TPSA) is 85.8 Å². The van der Waals surface area contributed by atoms with Crippen LogP contribution in [0.1, 0.15) is 6.92 Å². The number of hydrogen-bond donors (Lipinski definition) is 1. The Kier molecular flexibility index (Phi) is 5.98. The van der Waals surface area contributed by atoms with Crippen LogP contribution in [0.5, 0.6) is 0 Å². The van der Waals surface area contributed by atoms with Gasteiger partial charge in [-0.15, -0.1) is 21.5 Å². The first-order valence-electron chi connectivity index (χ1n) is 8.75. The normalized spacial score (nSPS) is 11.0. The summed E-state index contributed by atoms with van der Waals surface area (Å²) in [5.74, 6) is 1.34. The monoisotopic (exact) mass is 445 g/mol. The molecule has 0 fully saturated rings. The lowest BCUT2D eigenvalue weighted by Crippen LogP contribution is -2.14. The first kappa shape index (κ1) is 19.7. The maximum Gasteiger partial charge on any atom is 0.236 e. The van der Waals surface area contributed by atoms with Crippen LogP contribution in [-0.2, 0) is 11.3 Å². The van der Waals surface area contributed by atoms with Crippen molar-refractivity contribution < 1.29 is 9.21 Å². The van der Waals surface area contributed by atoms with Crippen LogP contribution in [0, 0.1) is 0 Å². The van der Waals surface area contributed by atoms with E-state index in [9.17, 15) is 4.79 Å². The lowest BCUT2D eigenvalue weighted by Gasteiger charge is -2.05. The zero-order valence-corrected chi connectivity index (χ0v) is 17.7. The van der Waals surface area contributed by atoms with E-state index in [0.717, 1.165) is 11.3 Å². The second-order valence-corrected chi connectivity index (χ2v) is 8.15. The Morgan fingerprint density at radius 3 is 2.83 bits per heavy atom. The summed E-state index contributed by atoms with van der Waals surface area (Å²) < 4.78 is 7.31. The van der Waals surface area contributed by atoms with Gasteiger partial charge in [0.05, 0.1) is 17.7 Å². The molecule has 0 radical (unpaired) electrons. The van der Waals surface area contributed by atoms with E-state index in [1.165, 1.54) is 23.1 Å². The van der Waals surface area contributed by atoms with Crippen molar-refractivity contribution in [2.45, 2.75) is 18.6 Å². The molecule has 0 spiro atoms. The fourth-order valence-corrected chi connectivity index (χ4v) is 4.30. The summed E-state index contributed by atoms with van der Waals surface area (Å²) in [7, 11) is 0. The third-order valence-electron chi connectivity index (χ3n) is 4.00. The summed E-state index contributed by atoms with van der Waals surface area (Å²) in [6.45, 7) is 2.66. The first-order chi connectivity index (χ1) is 14.1. The zero-order chi connectivity index (χ0) is 20.2. The molecule has 1 amide bonds. The molecule has 1 aromatic carbocycles. The average molecular weight is 446 g/mol. The number of thiazole rings is 1. The molecule has 29 heavy (non-hydrogen) atoms. The molecule has 7 nitrogen and oxygen atoms in total. The number of halogens is 1. The summed E-state index contributed by atoms with van der Waals surface area (Å²) in [5, 5.41) is 15.0. The lowest BCUT2D eigenvalue weighted by molar-refractivity contribution is -0.113. The lowest BCUT2D eigenvalue weighted by atomic mass is 10.2. The van der Waals surface area contributed by atoms with Gasteiger partial charge in [-0.05, 0) is 31.2 Å². The predicted octanol–water partition coefficient (Wildman–Crippen LogP) is 5.07. The second-order valence-electron chi connectivity index (χ2n) is 5.91. The van der Waals surface area contributed by atoms with E-state index in [1.54, 1.807) is 12.3 Å². The van der Waals surface area contributed by atoms with Gasteiger partial charge in [-0.1, -0.05) is 35.5 Å². The van der Waals surface area contributed by atoms with E-state index < -0.39 is 0 Å². The number of carbonyl (C=O) groups is 1. The summed E-state index contributed by atoms with van der Waals surface area (Å²) >= 11 is 8.61. The molecule has 0 aliphatic carbocycles. The van der Waals surface area contributed by atoms with Gasteiger partial charge in [0.1, 0.15) is 0 Å². The number of aromatic nitrogens is 4. The predicted molar refractivity (Wildman–Crippen MR) is 115 cm³/mol. The van der Waals surface area contributed by atoms with Crippen LogP contribution < -0.4 is 5.32 Å². The van der Waals surface area contributed by atoms with E-state index in [-0.39, 0.29) is 11.7 Å². The summed E-state index contributed by atoms with van der Waals surface area (Å²) in [4.78, 5) is 16.8. The van der Waals surface area contributed by atoms with Crippen molar-refractivity contribution in [3.63, 3.8) is 0 Å². The largest absolute Gasteiger partial charge is 0.461 e. The zero-order valence-electron chi connectivity index (χ0n) is 15.3. The number of anilines is 1. The standard InChI is InChI=1S/C19H16ClN5O2S2/c1-2-25-17(15-4-3-9-27-15)23-24-19(25)29-11-16(26)22-18-21-14(10-28-18)12-5-7-13(20)8-6-12/h3-10H,2,11H2,1H3,(H,21,22,26). The number of nitrogens with one attached hydrogen (secondary N) is 1. The molecule has 3 aromatic heterocycles. The molecular weight excluding hydrogens is 430 g/mol. The van der Waals surface area contributed by atoms with E-state index in [1.807, 2.05) is 47.2 Å². The Hall–Kier alpha value is -2.62. The highest BCUT2D eigenvalue weighted by Crippen LogP contribution is 2.27. The molecule has 3 heterocycles. The third-order valence-corrected chi connectivity index (χ3v) is 5.97. The number of nitrogens with zero attached hydrogens (tertiary/aromatic N) is 4. The minimum absolute atomic E-state index is 0.155. The maximum atomic E-state index is 12.4. The number of carbonyl (C=O) groups excluding carboxylic acids is 1. The van der Waals surface area contributed by atoms with Gasteiger partial charge in [-0.25, -0.2) is 4.98 Å². The van der Waals surface area contributed by atoms with Gasteiger partial charge >= 0.3 is 0 Å². The van der Waals surface area contributed by atoms with Crippen LogP contribution in [-0.4, -0.2) is 31.4 Å². The van der Waals surface area contributed by atoms with Crippen molar-refractivity contribution in [3.8, 4) is 22.8 Å².